The number of nitrogens with zero attached hydrogens (tertiary/aromatic N) is 1. The minimum atomic E-state index is -0.341. The van der Waals surface area contributed by atoms with Crippen LogP contribution in [0.15, 0.2) is 52.9 Å². The number of halogens is 1. The lowest BCUT2D eigenvalue weighted by atomic mass is 10.0. The van der Waals surface area contributed by atoms with Crippen molar-refractivity contribution < 1.29 is 18.3 Å². The highest BCUT2D eigenvalue weighted by molar-refractivity contribution is 5.78. The number of furan rings is 1. The van der Waals surface area contributed by atoms with Crippen molar-refractivity contribution in [2.45, 2.75) is 38.4 Å². The Balaban J connectivity index is 1.23. The standard InChI is InChI=1S/C24H28FN3O3/c1-16(23-14-18-5-3-4-6-21(18)31-23)26-24(29)27-19-9-11-28(12-10-19)15-17-7-8-22(30-2)20(25)13-17/h3-8,13-14,16,19H,9-12,15H2,1-2H3,(H2,26,27,29). The highest BCUT2D eigenvalue weighted by atomic mass is 19.1. The number of benzene rings is 2. The van der Waals surface area contributed by atoms with Crippen molar-refractivity contribution in [1.82, 2.24) is 15.5 Å². The number of rotatable bonds is 6. The molecule has 2 heterocycles. The second-order valence-electron chi connectivity index (χ2n) is 8.05. The first-order valence-electron chi connectivity index (χ1n) is 10.6. The Hall–Kier alpha value is -3.06. The molecule has 1 saturated heterocycles. The first-order chi connectivity index (χ1) is 15.0. The fourth-order valence-electron chi connectivity index (χ4n) is 4.01. The molecule has 1 aromatic heterocycles. The van der Waals surface area contributed by atoms with Gasteiger partial charge in [0.05, 0.1) is 13.2 Å². The molecule has 2 aromatic carbocycles. The van der Waals surface area contributed by atoms with Gasteiger partial charge in [0.15, 0.2) is 11.6 Å². The van der Waals surface area contributed by atoms with Gasteiger partial charge in [-0.05, 0) is 49.6 Å². The van der Waals surface area contributed by atoms with Gasteiger partial charge in [0.2, 0.25) is 0 Å². The number of fused-ring (bicyclic) bond motifs is 1. The quantitative estimate of drug-likeness (QED) is 0.606. The number of hydrogen-bond donors (Lipinski definition) is 2. The fourth-order valence-corrected chi connectivity index (χ4v) is 4.01. The van der Waals surface area contributed by atoms with Crippen LogP contribution in [0.5, 0.6) is 5.75 Å². The average molecular weight is 426 g/mol. The number of nitrogens with one attached hydrogen (secondary N) is 2. The van der Waals surface area contributed by atoms with E-state index in [1.54, 1.807) is 6.07 Å². The molecule has 0 saturated carbocycles. The summed E-state index contributed by atoms with van der Waals surface area (Å²) in [4.78, 5) is 14.7. The van der Waals surface area contributed by atoms with Gasteiger partial charge >= 0.3 is 6.03 Å². The molecular formula is C24H28FN3O3. The van der Waals surface area contributed by atoms with E-state index < -0.39 is 0 Å². The van der Waals surface area contributed by atoms with Crippen molar-refractivity contribution in [1.29, 1.82) is 0 Å². The Morgan fingerprint density at radius 2 is 2.00 bits per heavy atom. The van der Waals surface area contributed by atoms with Gasteiger partial charge in [0.1, 0.15) is 11.3 Å². The summed E-state index contributed by atoms with van der Waals surface area (Å²) in [6.07, 6.45) is 1.70. The lowest BCUT2D eigenvalue weighted by molar-refractivity contribution is 0.185. The third-order valence-corrected chi connectivity index (χ3v) is 5.76. The highest BCUT2D eigenvalue weighted by Crippen LogP contribution is 2.24. The van der Waals surface area contributed by atoms with Crippen molar-refractivity contribution in [2.75, 3.05) is 20.2 Å². The van der Waals surface area contributed by atoms with Crippen LogP contribution in [0.25, 0.3) is 11.0 Å². The average Bonchev–Trinajstić information content (AvgIpc) is 3.20. The molecule has 1 aliphatic heterocycles. The maximum Gasteiger partial charge on any atom is 0.315 e. The number of para-hydroxylation sites is 1. The van der Waals surface area contributed by atoms with Crippen LogP contribution < -0.4 is 15.4 Å². The molecule has 0 spiro atoms. The molecule has 0 bridgehead atoms. The third-order valence-electron chi connectivity index (χ3n) is 5.76. The maximum absolute atomic E-state index is 13.9. The summed E-state index contributed by atoms with van der Waals surface area (Å²) in [7, 11) is 1.46. The summed E-state index contributed by atoms with van der Waals surface area (Å²) < 4.78 is 24.7. The zero-order valence-corrected chi connectivity index (χ0v) is 17.9. The first kappa shape index (κ1) is 21.2. The molecule has 1 aliphatic rings. The molecule has 0 aliphatic carbocycles. The number of likely N-dealkylation sites (tertiary alicyclic amines) is 1. The number of ether oxygens (including phenoxy) is 1. The fraction of sp³-hybridized carbons (Fsp3) is 0.375. The van der Waals surface area contributed by atoms with Crippen molar-refractivity contribution in [3.8, 4) is 5.75 Å². The van der Waals surface area contributed by atoms with E-state index in [-0.39, 0.29) is 29.7 Å². The molecule has 0 radical (unpaired) electrons. The van der Waals surface area contributed by atoms with E-state index in [1.165, 1.54) is 13.2 Å². The lowest BCUT2D eigenvalue weighted by Gasteiger charge is -2.32. The van der Waals surface area contributed by atoms with E-state index in [9.17, 15) is 9.18 Å². The van der Waals surface area contributed by atoms with Gasteiger partial charge in [-0.2, -0.15) is 0 Å². The molecule has 6 nitrogen and oxygen atoms in total. The lowest BCUT2D eigenvalue weighted by Crippen LogP contribution is -2.48. The largest absolute Gasteiger partial charge is 0.494 e. The third kappa shape index (κ3) is 5.17. The van der Waals surface area contributed by atoms with Gasteiger partial charge in [-0.25, -0.2) is 9.18 Å². The zero-order chi connectivity index (χ0) is 21.8. The normalized spacial score (nSPS) is 16.2. The summed E-state index contributed by atoms with van der Waals surface area (Å²) in [6, 6.07) is 14.5. The number of carbonyl (C=O) groups excluding carboxylic acids is 1. The van der Waals surface area contributed by atoms with E-state index >= 15 is 0 Å². The molecule has 4 rings (SSSR count). The van der Waals surface area contributed by atoms with Crippen molar-refractivity contribution in [3.63, 3.8) is 0 Å². The number of carbonyl (C=O) groups is 1. The van der Waals surface area contributed by atoms with Gasteiger partial charge in [0.25, 0.3) is 0 Å². The van der Waals surface area contributed by atoms with E-state index in [0.29, 0.717) is 6.54 Å². The molecule has 31 heavy (non-hydrogen) atoms. The van der Waals surface area contributed by atoms with Crippen molar-refractivity contribution in [2.24, 2.45) is 0 Å². The van der Waals surface area contributed by atoms with E-state index in [0.717, 1.165) is 48.2 Å². The number of amides is 2. The Morgan fingerprint density at radius 3 is 2.71 bits per heavy atom. The van der Waals surface area contributed by atoms with Gasteiger partial charge < -0.3 is 19.8 Å². The summed E-state index contributed by atoms with van der Waals surface area (Å²) in [5.74, 6) is 0.652. The molecule has 7 heteroatoms. The van der Waals surface area contributed by atoms with E-state index in [1.807, 2.05) is 43.3 Å². The molecule has 3 aromatic rings. The Labute approximate surface area is 181 Å². The van der Waals surface area contributed by atoms with Crippen LogP contribution in [0.1, 0.15) is 37.1 Å². The topological polar surface area (TPSA) is 66.7 Å². The number of piperidine rings is 1. The molecule has 1 unspecified atom stereocenters. The highest BCUT2D eigenvalue weighted by Gasteiger charge is 2.22. The molecule has 1 fully saturated rings. The summed E-state index contributed by atoms with van der Waals surface area (Å²) in [5, 5.41) is 7.05. The number of methoxy groups -OCH3 is 1. The van der Waals surface area contributed by atoms with Crippen molar-refractivity contribution >= 4 is 17.0 Å². The molecule has 164 valence electrons. The molecule has 2 amide bonds. The van der Waals surface area contributed by atoms with Crippen LogP contribution in [0.2, 0.25) is 0 Å². The number of urea groups is 1. The van der Waals surface area contributed by atoms with Crippen LogP contribution in [0, 0.1) is 5.82 Å². The summed E-state index contributed by atoms with van der Waals surface area (Å²) in [5.41, 5.74) is 1.73. The van der Waals surface area contributed by atoms with Crippen LogP contribution in [-0.4, -0.2) is 37.2 Å². The van der Waals surface area contributed by atoms with Gasteiger partial charge in [0, 0.05) is 31.1 Å². The Morgan fingerprint density at radius 1 is 1.23 bits per heavy atom. The number of hydrogen-bond acceptors (Lipinski definition) is 4. The zero-order valence-electron chi connectivity index (χ0n) is 17.9. The maximum atomic E-state index is 13.9. The van der Waals surface area contributed by atoms with Gasteiger partial charge in [-0.3, -0.25) is 4.90 Å². The predicted molar refractivity (Wildman–Crippen MR) is 118 cm³/mol. The van der Waals surface area contributed by atoms with E-state index in [2.05, 4.69) is 15.5 Å². The van der Waals surface area contributed by atoms with E-state index in [4.69, 9.17) is 9.15 Å². The minimum Gasteiger partial charge on any atom is -0.494 e. The summed E-state index contributed by atoms with van der Waals surface area (Å²) in [6.45, 7) is 4.28. The van der Waals surface area contributed by atoms with Gasteiger partial charge in [-0.1, -0.05) is 24.3 Å². The smallest absolute Gasteiger partial charge is 0.315 e. The minimum absolute atomic E-state index is 0.117. The second-order valence-corrected chi connectivity index (χ2v) is 8.05. The molecule has 1 atom stereocenters. The van der Waals surface area contributed by atoms with Crippen molar-refractivity contribution in [3.05, 3.63) is 65.7 Å². The van der Waals surface area contributed by atoms with Crippen LogP contribution in [0.4, 0.5) is 9.18 Å². The Bertz CT molecular complexity index is 1010. The SMILES string of the molecule is COc1ccc(CN2CCC(NC(=O)NC(C)c3cc4ccccc4o3)CC2)cc1F. The van der Waals surface area contributed by atoms with Gasteiger partial charge in [-0.15, -0.1) is 0 Å². The van der Waals surface area contributed by atoms with Crippen LogP contribution in [0.3, 0.4) is 0 Å². The van der Waals surface area contributed by atoms with Crippen LogP contribution in [-0.2, 0) is 6.54 Å². The molecular weight excluding hydrogens is 397 g/mol. The second kappa shape index (κ2) is 9.39. The Kier molecular flexibility index (Phi) is 6.42. The first-order valence-corrected chi connectivity index (χ1v) is 10.6. The van der Waals surface area contributed by atoms with Crippen LogP contribution >= 0.6 is 0 Å². The predicted octanol–water partition coefficient (Wildman–Crippen LogP) is 4.61. The molecule has 2 N–H and O–H groups in total. The summed E-state index contributed by atoms with van der Waals surface area (Å²) >= 11 is 0. The monoisotopic (exact) mass is 425 g/mol.